The standard InChI is InChI=1S/C17H16Cl2N2/c1-10-6-4-9-15(11(10)2)21-16-13(19)7-5-8-14(16)20-17(21)12(3)18/h4-9,12H,1-3H3. The Bertz CT molecular complexity index is 819. The summed E-state index contributed by atoms with van der Waals surface area (Å²) in [5, 5.41) is 0.484. The zero-order chi connectivity index (χ0) is 15.1. The molecule has 0 fully saturated rings. The molecular formula is C17H16Cl2N2. The van der Waals surface area contributed by atoms with Crippen LogP contribution in [0.4, 0.5) is 0 Å². The number of halogens is 2. The SMILES string of the molecule is Cc1cccc(-n2c(C(C)Cl)nc3cccc(Cl)c32)c1C. The van der Waals surface area contributed by atoms with E-state index in [4.69, 9.17) is 23.2 Å². The number of aryl methyl sites for hydroxylation is 1. The molecule has 108 valence electrons. The van der Waals surface area contributed by atoms with Crippen molar-refractivity contribution in [2.75, 3.05) is 0 Å². The van der Waals surface area contributed by atoms with Gasteiger partial charge in [0, 0.05) is 0 Å². The molecule has 0 N–H and O–H groups in total. The molecule has 4 heteroatoms. The van der Waals surface area contributed by atoms with Crippen molar-refractivity contribution in [1.29, 1.82) is 0 Å². The van der Waals surface area contributed by atoms with Gasteiger partial charge >= 0.3 is 0 Å². The van der Waals surface area contributed by atoms with Gasteiger partial charge in [-0.3, -0.25) is 4.57 Å². The Morgan fingerprint density at radius 1 is 1.10 bits per heavy atom. The maximum Gasteiger partial charge on any atom is 0.132 e. The summed E-state index contributed by atoms with van der Waals surface area (Å²) < 4.78 is 2.08. The second kappa shape index (κ2) is 5.36. The first-order valence-electron chi connectivity index (χ1n) is 6.88. The first kappa shape index (κ1) is 14.4. The van der Waals surface area contributed by atoms with E-state index >= 15 is 0 Å². The molecule has 0 bridgehead atoms. The van der Waals surface area contributed by atoms with Gasteiger partial charge in [0.1, 0.15) is 5.82 Å². The van der Waals surface area contributed by atoms with E-state index in [1.807, 2.05) is 31.2 Å². The van der Waals surface area contributed by atoms with E-state index in [1.54, 1.807) is 0 Å². The van der Waals surface area contributed by atoms with Gasteiger partial charge in [0.2, 0.25) is 0 Å². The molecule has 3 rings (SSSR count). The van der Waals surface area contributed by atoms with Gasteiger partial charge in [0.25, 0.3) is 0 Å². The first-order chi connectivity index (χ1) is 10.0. The summed E-state index contributed by atoms with van der Waals surface area (Å²) >= 11 is 12.8. The third kappa shape index (κ3) is 2.33. The van der Waals surface area contributed by atoms with Gasteiger partial charge < -0.3 is 0 Å². The van der Waals surface area contributed by atoms with Gasteiger partial charge in [-0.2, -0.15) is 0 Å². The Morgan fingerprint density at radius 2 is 1.81 bits per heavy atom. The minimum absolute atomic E-state index is 0.201. The fraction of sp³-hybridized carbons (Fsp3) is 0.235. The zero-order valence-corrected chi connectivity index (χ0v) is 13.7. The zero-order valence-electron chi connectivity index (χ0n) is 12.2. The largest absolute Gasteiger partial charge is 0.293 e. The first-order valence-corrected chi connectivity index (χ1v) is 7.69. The maximum absolute atomic E-state index is 6.42. The molecule has 3 aromatic rings. The third-order valence-electron chi connectivity index (χ3n) is 3.83. The summed E-state index contributed by atoms with van der Waals surface area (Å²) in [4.78, 5) is 4.67. The van der Waals surface area contributed by atoms with E-state index in [2.05, 4.69) is 35.5 Å². The normalized spacial score (nSPS) is 12.8. The highest BCUT2D eigenvalue weighted by atomic mass is 35.5. The molecule has 1 atom stereocenters. The summed E-state index contributed by atoms with van der Waals surface area (Å²) in [6.07, 6.45) is 0. The molecule has 0 aliphatic heterocycles. The number of benzene rings is 2. The number of hydrogen-bond acceptors (Lipinski definition) is 1. The number of para-hydroxylation sites is 1. The summed E-state index contributed by atoms with van der Waals surface area (Å²) in [7, 11) is 0. The molecule has 1 heterocycles. The Hall–Kier alpha value is -1.51. The lowest BCUT2D eigenvalue weighted by Crippen LogP contribution is -2.04. The maximum atomic E-state index is 6.42. The van der Waals surface area contributed by atoms with Crippen LogP contribution in [-0.4, -0.2) is 9.55 Å². The number of rotatable bonds is 2. The fourth-order valence-corrected chi connectivity index (χ4v) is 2.99. The van der Waals surface area contributed by atoms with E-state index < -0.39 is 0 Å². The van der Waals surface area contributed by atoms with E-state index in [1.165, 1.54) is 11.1 Å². The number of hydrogen-bond donors (Lipinski definition) is 0. The van der Waals surface area contributed by atoms with Crippen molar-refractivity contribution in [3.63, 3.8) is 0 Å². The molecule has 0 aliphatic rings. The predicted octanol–water partition coefficient (Wildman–Crippen LogP) is 5.60. The lowest BCUT2D eigenvalue weighted by Gasteiger charge is -2.15. The van der Waals surface area contributed by atoms with Crippen molar-refractivity contribution in [2.45, 2.75) is 26.1 Å². The quantitative estimate of drug-likeness (QED) is 0.563. The minimum Gasteiger partial charge on any atom is -0.293 e. The molecule has 2 nitrogen and oxygen atoms in total. The van der Waals surface area contributed by atoms with E-state index in [9.17, 15) is 0 Å². The van der Waals surface area contributed by atoms with Crippen LogP contribution in [-0.2, 0) is 0 Å². The number of fused-ring (bicyclic) bond motifs is 1. The monoisotopic (exact) mass is 318 g/mol. The van der Waals surface area contributed by atoms with Crippen LogP contribution in [0.5, 0.6) is 0 Å². The van der Waals surface area contributed by atoms with Gasteiger partial charge in [0.05, 0.1) is 27.1 Å². The van der Waals surface area contributed by atoms with Crippen LogP contribution in [0, 0.1) is 13.8 Å². The molecular weight excluding hydrogens is 303 g/mol. The summed E-state index contributed by atoms with van der Waals surface area (Å²) in [6, 6.07) is 12.0. The molecule has 0 saturated carbocycles. The van der Waals surface area contributed by atoms with Crippen molar-refractivity contribution < 1.29 is 0 Å². The van der Waals surface area contributed by atoms with Crippen molar-refractivity contribution in [1.82, 2.24) is 9.55 Å². The third-order valence-corrected chi connectivity index (χ3v) is 4.33. The van der Waals surface area contributed by atoms with Crippen molar-refractivity contribution >= 4 is 34.2 Å². The van der Waals surface area contributed by atoms with Crippen LogP contribution in [0.15, 0.2) is 36.4 Å². The number of alkyl halides is 1. The van der Waals surface area contributed by atoms with Crippen LogP contribution in [0.1, 0.15) is 29.3 Å². The average Bonchev–Trinajstić information content (AvgIpc) is 2.83. The Morgan fingerprint density at radius 3 is 2.52 bits per heavy atom. The molecule has 0 radical (unpaired) electrons. The summed E-state index contributed by atoms with van der Waals surface area (Å²) in [5.74, 6) is 0.813. The minimum atomic E-state index is -0.201. The van der Waals surface area contributed by atoms with Gasteiger partial charge in [-0.25, -0.2) is 4.98 Å². The van der Waals surface area contributed by atoms with Gasteiger partial charge in [0.15, 0.2) is 0 Å². The highest BCUT2D eigenvalue weighted by Crippen LogP contribution is 2.33. The summed E-state index contributed by atoms with van der Waals surface area (Å²) in [6.45, 7) is 6.14. The fourth-order valence-electron chi connectivity index (χ4n) is 2.59. The van der Waals surface area contributed by atoms with Crippen molar-refractivity contribution in [3.8, 4) is 5.69 Å². The average molecular weight is 319 g/mol. The van der Waals surface area contributed by atoms with Crippen LogP contribution in [0.25, 0.3) is 16.7 Å². The molecule has 0 aliphatic carbocycles. The molecule has 21 heavy (non-hydrogen) atoms. The lowest BCUT2D eigenvalue weighted by molar-refractivity contribution is 0.877. The van der Waals surface area contributed by atoms with Crippen LogP contribution < -0.4 is 0 Å². The molecule has 1 aromatic heterocycles. The van der Waals surface area contributed by atoms with E-state index in [0.717, 1.165) is 22.5 Å². The predicted molar refractivity (Wildman–Crippen MR) is 89.8 cm³/mol. The van der Waals surface area contributed by atoms with Crippen LogP contribution in [0.2, 0.25) is 5.02 Å². The van der Waals surface area contributed by atoms with Gasteiger partial charge in [-0.15, -0.1) is 11.6 Å². The molecule has 0 saturated heterocycles. The highest BCUT2D eigenvalue weighted by Gasteiger charge is 2.19. The Labute approximate surface area is 134 Å². The van der Waals surface area contributed by atoms with Gasteiger partial charge in [-0.1, -0.05) is 29.8 Å². The van der Waals surface area contributed by atoms with Gasteiger partial charge in [-0.05, 0) is 50.1 Å². The van der Waals surface area contributed by atoms with Crippen molar-refractivity contribution in [2.24, 2.45) is 0 Å². The Kier molecular flexibility index (Phi) is 3.68. The lowest BCUT2D eigenvalue weighted by atomic mass is 10.1. The topological polar surface area (TPSA) is 17.8 Å². The second-order valence-corrected chi connectivity index (χ2v) is 6.31. The van der Waals surface area contributed by atoms with Crippen LogP contribution in [0.3, 0.4) is 0 Å². The number of imidazole rings is 1. The van der Waals surface area contributed by atoms with Crippen molar-refractivity contribution in [3.05, 3.63) is 58.4 Å². The van der Waals surface area contributed by atoms with E-state index in [0.29, 0.717) is 5.02 Å². The molecule has 2 aromatic carbocycles. The molecule has 1 unspecified atom stereocenters. The number of nitrogens with zero attached hydrogens (tertiary/aromatic N) is 2. The van der Waals surface area contributed by atoms with E-state index in [-0.39, 0.29) is 5.38 Å². The second-order valence-electron chi connectivity index (χ2n) is 5.25. The Balaban J connectivity index is 2.45. The smallest absolute Gasteiger partial charge is 0.132 e. The highest BCUT2D eigenvalue weighted by molar-refractivity contribution is 6.35. The summed E-state index contributed by atoms with van der Waals surface area (Å²) in [5.41, 5.74) is 5.29. The molecule has 0 amide bonds. The van der Waals surface area contributed by atoms with Crippen LogP contribution >= 0.6 is 23.2 Å². The molecule has 0 spiro atoms. The number of aromatic nitrogens is 2.